The number of carbonyl (C=O) groups is 1. The van der Waals surface area contributed by atoms with Crippen LogP contribution in [0.4, 0.5) is 5.95 Å². The topological polar surface area (TPSA) is 109 Å². The second-order valence-corrected chi connectivity index (χ2v) is 6.61. The monoisotopic (exact) mass is 319 g/mol. The average molecular weight is 320 g/mol. The Morgan fingerprint density at radius 3 is 2.68 bits per heavy atom. The number of nitrogens with one attached hydrogen (secondary N) is 1. The summed E-state index contributed by atoms with van der Waals surface area (Å²) < 4.78 is 25.8. The molecule has 0 aromatic carbocycles. The molecule has 7 nitrogen and oxygen atoms in total. The molecule has 0 unspecified atom stereocenters. The molecule has 2 N–H and O–H groups in total. The molecule has 0 aliphatic rings. The summed E-state index contributed by atoms with van der Waals surface area (Å²) in [6.45, 7) is 0. The van der Waals surface area contributed by atoms with Gasteiger partial charge in [-0.25, -0.2) is 27.9 Å². The summed E-state index contributed by atoms with van der Waals surface area (Å²) in [7, 11) is -3.92. The maximum atomic E-state index is 11.9. The Hall–Kier alpha value is -1.71. The van der Waals surface area contributed by atoms with Crippen LogP contribution in [0.15, 0.2) is 28.6 Å². The van der Waals surface area contributed by atoms with Crippen LogP contribution in [-0.2, 0) is 10.0 Å². The third-order valence-electron chi connectivity index (χ3n) is 1.90. The van der Waals surface area contributed by atoms with E-state index in [2.05, 4.69) is 14.7 Å². The molecule has 0 bridgehead atoms. The van der Waals surface area contributed by atoms with Gasteiger partial charge in [0.05, 0.1) is 0 Å². The number of sulfonamides is 1. The van der Waals surface area contributed by atoms with Gasteiger partial charge in [-0.3, -0.25) is 0 Å². The third-order valence-corrected chi connectivity index (χ3v) is 5.01. The van der Waals surface area contributed by atoms with Crippen molar-refractivity contribution in [2.45, 2.75) is 4.21 Å². The number of carboxylic acid groups (broad SMARTS) is 1. The Morgan fingerprint density at radius 1 is 1.37 bits per heavy atom. The summed E-state index contributed by atoms with van der Waals surface area (Å²) in [5.41, 5.74) is 0. The first-order valence-corrected chi connectivity index (χ1v) is 7.41. The molecule has 0 fully saturated rings. The van der Waals surface area contributed by atoms with E-state index in [4.69, 9.17) is 16.7 Å². The Balaban J connectivity index is 2.29. The molecule has 2 aromatic rings. The van der Waals surface area contributed by atoms with Gasteiger partial charge in [0.25, 0.3) is 10.0 Å². The lowest BCUT2D eigenvalue weighted by molar-refractivity contribution is 0.0702. The van der Waals surface area contributed by atoms with Crippen molar-refractivity contribution < 1.29 is 18.3 Å². The number of nitrogens with zero attached hydrogens (tertiary/aromatic N) is 2. The second kappa shape index (κ2) is 5.11. The number of aromatic carboxylic acids is 1. The van der Waals surface area contributed by atoms with Crippen molar-refractivity contribution in [3.63, 3.8) is 0 Å². The summed E-state index contributed by atoms with van der Waals surface area (Å²) >= 11 is 6.24. The number of anilines is 1. The number of halogens is 1. The Morgan fingerprint density at radius 2 is 2.11 bits per heavy atom. The summed E-state index contributed by atoms with van der Waals surface area (Å²) in [5.74, 6) is -1.37. The minimum atomic E-state index is -3.92. The zero-order chi connectivity index (χ0) is 14.0. The molecule has 0 amide bonds. The first kappa shape index (κ1) is 13.7. The smallest absolute Gasteiger partial charge is 0.345 e. The Bertz CT molecular complexity index is 729. The number of thiophene rings is 1. The highest BCUT2D eigenvalue weighted by molar-refractivity contribution is 7.94. The lowest BCUT2D eigenvalue weighted by Gasteiger charge is -2.03. The molecular weight excluding hydrogens is 314 g/mol. The predicted octanol–water partition coefficient (Wildman–Crippen LogP) is 1.69. The quantitative estimate of drug-likeness (QED) is 0.830. The number of hydrogen-bond acceptors (Lipinski definition) is 6. The zero-order valence-electron chi connectivity index (χ0n) is 9.07. The number of hydrogen-bond donors (Lipinski definition) is 2. The zero-order valence-corrected chi connectivity index (χ0v) is 11.5. The van der Waals surface area contributed by atoms with Gasteiger partial charge in [0.2, 0.25) is 5.95 Å². The van der Waals surface area contributed by atoms with E-state index in [1.807, 2.05) is 0 Å². The molecule has 0 saturated carbocycles. The van der Waals surface area contributed by atoms with E-state index in [1.165, 1.54) is 24.4 Å². The summed E-state index contributed by atoms with van der Waals surface area (Å²) in [6.07, 6.45) is 1.30. The standard InChI is InChI=1S/C9H6ClN3O4S2/c10-6-3-4-11-9(12-6)13-19(16,17)7-2-1-5(18-7)8(14)15/h1-4H,(H,14,15)(H,11,12,13). The largest absolute Gasteiger partial charge is 0.477 e. The first-order valence-electron chi connectivity index (χ1n) is 4.73. The fraction of sp³-hybridized carbons (Fsp3) is 0. The molecule has 0 saturated heterocycles. The van der Waals surface area contributed by atoms with Crippen LogP contribution in [-0.4, -0.2) is 29.5 Å². The fourth-order valence-corrected chi connectivity index (χ4v) is 3.37. The van der Waals surface area contributed by atoms with Gasteiger partial charge in [-0.1, -0.05) is 11.6 Å². The Labute approximate surface area is 117 Å². The van der Waals surface area contributed by atoms with Gasteiger partial charge in [-0.05, 0) is 18.2 Å². The van der Waals surface area contributed by atoms with Crippen LogP contribution in [0.3, 0.4) is 0 Å². The van der Waals surface area contributed by atoms with Crippen molar-refractivity contribution in [3.8, 4) is 0 Å². The summed E-state index contributed by atoms with van der Waals surface area (Å²) in [4.78, 5) is 18.0. The van der Waals surface area contributed by atoms with Gasteiger partial charge in [-0.2, -0.15) is 0 Å². The molecule has 0 spiro atoms. The average Bonchev–Trinajstić information content (AvgIpc) is 2.78. The van der Waals surface area contributed by atoms with E-state index in [0.717, 1.165) is 0 Å². The first-order chi connectivity index (χ1) is 8.88. The number of rotatable bonds is 4. The normalized spacial score (nSPS) is 11.2. The molecule has 10 heteroatoms. The van der Waals surface area contributed by atoms with Crippen LogP contribution in [0.25, 0.3) is 0 Å². The Kier molecular flexibility index (Phi) is 3.69. The molecule has 100 valence electrons. The van der Waals surface area contributed by atoms with Crippen molar-refractivity contribution >= 4 is 44.9 Å². The van der Waals surface area contributed by atoms with Gasteiger partial charge in [0.15, 0.2) is 0 Å². The maximum Gasteiger partial charge on any atom is 0.345 e. The SMILES string of the molecule is O=C(O)c1ccc(S(=O)(=O)Nc2nccc(Cl)n2)s1. The minimum Gasteiger partial charge on any atom is -0.477 e. The number of aromatic nitrogens is 2. The maximum absolute atomic E-state index is 11.9. The fourth-order valence-electron chi connectivity index (χ4n) is 1.14. The van der Waals surface area contributed by atoms with Crippen LogP contribution >= 0.6 is 22.9 Å². The van der Waals surface area contributed by atoms with Crippen LogP contribution in [0.1, 0.15) is 9.67 Å². The number of carboxylic acids is 1. The molecule has 19 heavy (non-hydrogen) atoms. The summed E-state index contributed by atoms with van der Waals surface area (Å²) in [6, 6.07) is 3.80. The van der Waals surface area contributed by atoms with Crippen molar-refractivity contribution in [2.75, 3.05) is 4.72 Å². The van der Waals surface area contributed by atoms with Crippen molar-refractivity contribution in [1.82, 2.24) is 9.97 Å². The van der Waals surface area contributed by atoms with Crippen LogP contribution in [0.2, 0.25) is 5.15 Å². The molecule has 2 heterocycles. The van der Waals surface area contributed by atoms with Gasteiger partial charge in [0.1, 0.15) is 14.2 Å². The predicted molar refractivity (Wildman–Crippen MR) is 69.1 cm³/mol. The van der Waals surface area contributed by atoms with Crippen molar-refractivity contribution in [3.05, 3.63) is 34.4 Å². The molecule has 0 aliphatic heterocycles. The van der Waals surface area contributed by atoms with Crippen LogP contribution in [0.5, 0.6) is 0 Å². The molecule has 2 aromatic heterocycles. The van der Waals surface area contributed by atoms with Gasteiger partial charge < -0.3 is 5.11 Å². The van der Waals surface area contributed by atoms with Crippen LogP contribution < -0.4 is 4.72 Å². The van der Waals surface area contributed by atoms with E-state index >= 15 is 0 Å². The minimum absolute atomic E-state index is 0.0765. The van der Waals surface area contributed by atoms with E-state index < -0.39 is 16.0 Å². The van der Waals surface area contributed by atoms with Gasteiger partial charge >= 0.3 is 5.97 Å². The molecule has 0 atom stereocenters. The summed E-state index contributed by atoms with van der Waals surface area (Å²) in [5, 5.41) is 8.83. The highest BCUT2D eigenvalue weighted by Crippen LogP contribution is 2.23. The molecular formula is C9H6ClN3O4S2. The lowest BCUT2D eigenvalue weighted by Crippen LogP contribution is -2.13. The van der Waals surface area contributed by atoms with Crippen LogP contribution in [0, 0.1) is 0 Å². The van der Waals surface area contributed by atoms with Gasteiger partial charge in [-0.15, -0.1) is 11.3 Å². The second-order valence-electron chi connectivity index (χ2n) is 3.23. The van der Waals surface area contributed by atoms with E-state index in [1.54, 1.807) is 0 Å². The van der Waals surface area contributed by atoms with E-state index in [9.17, 15) is 13.2 Å². The lowest BCUT2D eigenvalue weighted by atomic mass is 10.5. The molecule has 0 radical (unpaired) electrons. The van der Waals surface area contributed by atoms with Crippen molar-refractivity contribution in [1.29, 1.82) is 0 Å². The third kappa shape index (κ3) is 3.19. The van der Waals surface area contributed by atoms with E-state index in [0.29, 0.717) is 11.3 Å². The molecule has 0 aliphatic carbocycles. The highest BCUT2D eigenvalue weighted by Gasteiger charge is 2.20. The van der Waals surface area contributed by atoms with Crippen molar-refractivity contribution in [2.24, 2.45) is 0 Å². The van der Waals surface area contributed by atoms with Gasteiger partial charge in [0, 0.05) is 6.20 Å². The van der Waals surface area contributed by atoms with E-state index in [-0.39, 0.29) is 20.2 Å². The highest BCUT2D eigenvalue weighted by atomic mass is 35.5. The molecule has 2 rings (SSSR count).